The van der Waals surface area contributed by atoms with Gasteiger partial charge < -0.3 is 10.5 Å². The van der Waals surface area contributed by atoms with Crippen molar-refractivity contribution in [1.82, 2.24) is 9.97 Å². The Morgan fingerprint density at radius 3 is 2.62 bits per heavy atom. The molecule has 1 unspecified atom stereocenters. The van der Waals surface area contributed by atoms with E-state index in [1.54, 1.807) is 12.1 Å². The van der Waals surface area contributed by atoms with Crippen LogP contribution in [0.3, 0.4) is 0 Å². The first-order valence-electron chi connectivity index (χ1n) is 6.17. The summed E-state index contributed by atoms with van der Waals surface area (Å²) in [6.45, 7) is 1.91. The number of rotatable bonds is 3. The van der Waals surface area contributed by atoms with E-state index in [0.29, 0.717) is 21.2 Å². The van der Waals surface area contributed by atoms with Crippen LogP contribution in [0.4, 0.5) is 5.13 Å². The average Bonchev–Trinajstić information content (AvgIpc) is 2.79. The second kappa shape index (κ2) is 5.67. The average molecular weight is 340 g/mol. The first-order chi connectivity index (χ1) is 10.0. The first-order valence-corrected chi connectivity index (χ1v) is 7.75. The van der Waals surface area contributed by atoms with Crippen molar-refractivity contribution in [3.8, 4) is 5.75 Å². The molecule has 0 saturated carbocycles. The fourth-order valence-electron chi connectivity index (χ4n) is 2.01. The summed E-state index contributed by atoms with van der Waals surface area (Å²) in [5.74, 6) is 0.678. The van der Waals surface area contributed by atoms with Gasteiger partial charge in [-0.25, -0.2) is 9.97 Å². The Hall–Kier alpha value is -1.56. The Balaban J connectivity index is 1.94. The van der Waals surface area contributed by atoms with Gasteiger partial charge >= 0.3 is 0 Å². The SMILES string of the molecule is CC(Oc1cccc2sc(N)nc12)c1cc(Cl)nc(Cl)c1. The maximum atomic E-state index is 5.98. The smallest absolute Gasteiger partial charge is 0.181 e. The molecule has 108 valence electrons. The first kappa shape index (κ1) is 14.4. The lowest BCUT2D eigenvalue weighted by Crippen LogP contribution is -2.04. The molecule has 2 N–H and O–H groups in total. The van der Waals surface area contributed by atoms with Crippen LogP contribution in [0.1, 0.15) is 18.6 Å². The highest BCUT2D eigenvalue weighted by molar-refractivity contribution is 7.22. The molecule has 21 heavy (non-hydrogen) atoms. The Morgan fingerprint density at radius 2 is 1.90 bits per heavy atom. The molecule has 0 bridgehead atoms. The second-order valence-corrected chi connectivity index (χ2v) is 6.30. The van der Waals surface area contributed by atoms with Gasteiger partial charge in [0.1, 0.15) is 27.7 Å². The van der Waals surface area contributed by atoms with E-state index in [2.05, 4.69) is 9.97 Å². The highest BCUT2D eigenvalue weighted by Crippen LogP contribution is 2.33. The van der Waals surface area contributed by atoms with E-state index in [1.807, 2.05) is 25.1 Å². The minimum atomic E-state index is -0.239. The topological polar surface area (TPSA) is 61.0 Å². The number of anilines is 1. The number of aromatic nitrogens is 2. The zero-order chi connectivity index (χ0) is 15.0. The van der Waals surface area contributed by atoms with Crippen molar-refractivity contribution in [3.63, 3.8) is 0 Å². The van der Waals surface area contributed by atoms with Crippen LogP contribution in [0.25, 0.3) is 10.2 Å². The van der Waals surface area contributed by atoms with Crippen molar-refractivity contribution in [2.24, 2.45) is 0 Å². The molecular weight excluding hydrogens is 329 g/mol. The number of fused-ring (bicyclic) bond motifs is 1. The monoisotopic (exact) mass is 339 g/mol. The number of benzene rings is 1. The molecule has 0 aliphatic heterocycles. The lowest BCUT2D eigenvalue weighted by Gasteiger charge is -2.15. The molecule has 3 aromatic rings. The molecule has 0 saturated heterocycles. The van der Waals surface area contributed by atoms with Crippen LogP contribution in [0.5, 0.6) is 5.75 Å². The van der Waals surface area contributed by atoms with Crippen LogP contribution >= 0.6 is 34.5 Å². The predicted molar refractivity (Wildman–Crippen MR) is 87.3 cm³/mol. The predicted octanol–water partition coefficient (Wildman–Crippen LogP) is 4.72. The number of thiazole rings is 1. The molecule has 2 heterocycles. The molecule has 1 aromatic carbocycles. The third kappa shape index (κ3) is 3.05. The molecule has 0 aliphatic rings. The van der Waals surface area contributed by atoms with Crippen molar-refractivity contribution in [2.75, 3.05) is 5.73 Å². The summed E-state index contributed by atoms with van der Waals surface area (Å²) < 4.78 is 6.97. The van der Waals surface area contributed by atoms with Crippen molar-refractivity contribution >= 4 is 49.9 Å². The third-order valence-corrected chi connectivity index (χ3v) is 4.19. The summed E-state index contributed by atoms with van der Waals surface area (Å²) in [7, 11) is 0. The van der Waals surface area contributed by atoms with Crippen molar-refractivity contribution < 1.29 is 4.74 Å². The zero-order valence-corrected chi connectivity index (χ0v) is 13.3. The minimum Gasteiger partial charge on any atom is -0.484 e. The van der Waals surface area contributed by atoms with E-state index in [0.717, 1.165) is 15.8 Å². The van der Waals surface area contributed by atoms with Crippen LogP contribution in [0.15, 0.2) is 30.3 Å². The van der Waals surface area contributed by atoms with Crippen molar-refractivity contribution in [2.45, 2.75) is 13.0 Å². The highest BCUT2D eigenvalue weighted by Gasteiger charge is 2.13. The van der Waals surface area contributed by atoms with Gasteiger partial charge in [-0.15, -0.1) is 0 Å². The van der Waals surface area contributed by atoms with E-state index in [1.165, 1.54) is 11.3 Å². The van der Waals surface area contributed by atoms with Crippen LogP contribution in [0.2, 0.25) is 10.3 Å². The lowest BCUT2D eigenvalue weighted by molar-refractivity contribution is 0.229. The maximum absolute atomic E-state index is 5.98. The highest BCUT2D eigenvalue weighted by atomic mass is 35.5. The van der Waals surface area contributed by atoms with E-state index in [-0.39, 0.29) is 6.10 Å². The number of pyridine rings is 1. The fraction of sp³-hybridized carbons (Fsp3) is 0.143. The Morgan fingerprint density at radius 1 is 1.19 bits per heavy atom. The number of para-hydroxylation sites is 1. The normalized spacial score (nSPS) is 12.5. The summed E-state index contributed by atoms with van der Waals surface area (Å²) in [6.07, 6.45) is -0.239. The molecule has 2 aromatic heterocycles. The molecule has 0 amide bonds. The lowest BCUT2D eigenvalue weighted by atomic mass is 10.2. The molecule has 0 fully saturated rings. The van der Waals surface area contributed by atoms with Gasteiger partial charge in [-0.05, 0) is 36.8 Å². The Labute approximate surface area is 135 Å². The van der Waals surface area contributed by atoms with Crippen LogP contribution in [0, 0.1) is 0 Å². The number of halogens is 2. The van der Waals surface area contributed by atoms with Crippen LogP contribution in [-0.2, 0) is 0 Å². The second-order valence-electron chi connectivity index (χ2n) is 4.46. The Kier molecular flexibility index (Phi) is 3.89. The number of ether oxygens (including phenoxy) is 1. The van der Waals surface area contributed by atoms with Gasteiger partial charge in [0.2, 0.25) is 0 Å². The van der Waals surface area contributed by atoms with E-state index in [4.69, 9.17) is 33.7 Å². The van der Waals surface area contributed by atoms with Gasteiger partial charge in [-0.1, -0.05) is 40.6 Å². The van der Waals surface area contributed by atoms with Gasteiger partial charge in [0.05, 0.1) is 4.70 Å². The van der Waals surface area contributed by atoms with Gasteiger partial charge in [0.25, 0.3) is 0 Å². The van der Waals surface area contributed by atoms with Crippen molar-refractivity contribution in [3.05, 3.63) is 46.2 Å². The third-order valence-electron chi connectivity index (χ3n) is 2.96. The van der Waals surface area contributed by atoms with E-state index >= 15 is 0 Å². The van der Waals surface area contributed by atoms with Gasteiger partial charge in [0.15, 0.2) is 5.13 Å². The minimum absolute atomic E-state index is 0.239. The quantitative estimate of drug-likeness (QED) is 0.701. The summed E-state index contributed by atoms with van der Waals surface area (Å²) >= 11 is 13.3. The van der Waals surface area contributed by atoms with Gasteiger partial charge in [0, 0.05) is 0 Å². The van der Waals surface area contributed by atoms with E-state index in [9.17, 15) is 0 Å². The Bertz CT molecular complexity index is 786. The molecule has 4 nitrogen and oxygen atoms in total. The number of nitrogens with two attached hydrogens (primary N) is 1. The fourth-order valence-corrected chi connectivity index (χ4v) is 3.24. The van der Waals surface area contributed by atoms with Gasteiger partial charge in [-0.2, -0.15) is 0 Å². The summed E-state index contributed by atoms with van der Waals surface area (Å²) in [4.78, 5) is 8.23. The largest absolute Gasteiger partial charge is 0.484 e. The molecule has 1 atom stereocenters. The van der Waals surface area contributed by atoms with Crippen molar-refractivity contribution in [1.29, 1.82) is 0 Å². The standard InChI is InChI=1S/C14H11Cl2N3OS/c1-7(8-5-11(15)18-12(16)6-8)20-9-3-2-4-10-13(9)19-14(17)21-10/h2-7H,1H3,(H2,17,19). The molecule has 0 spiro atoms. The summed E-state index contributed by atoms with van der Waals surface area (Å²) in [6, 6.07) is 9.19. The van der Waals surface area contributed by atoms with Crippen LogP contribution in [-0.4, -0.2) is 9.97 Å². The molecule has 0 radical (unpaired) electrons. The molecule has 3 rings (SSSR count). The van der Waals surface area contributed by atoms with Gasteiger partial charge in [-0.3, -0.25) is 0 Å². The number of hydrogen-bond acceptors (Lipinski definition) is 5. The van der Waals surface area contributed by atoms with E-state index < -0.39 is 0 Å². The molecular formula is C14H11Cl2N3OS. The van der Waals surface area contributed by atoms with Crippen LogP contribution < -0.4 is 10.5 Å². The summed E-state index contributed by atoms with van der Waals surface area (Å²) in [5, 5.41) is 1.19. The summed E-state index contributed by atoms with van der Waals surface area (Å²) in [5.41, 5.74) is 7.36. The molecule has 7 heteroatoms. The number of nitrogens with zero attached hydrogens (tertiary/aromatic N) is 2. The maximum Gasteiger partial charge on any atom is 0.181 e. The zero-order valence-electron chi connectivity index (χ0n) is 11.0. The number of hydrogen-bond donors (Lipinski definition) is 1. The molecule has 0 aliphatic carbocycles. The number of nitrogen functional groups attached to an aromatic ring is 1.